The summed E-state index contributed by atoms with van der Waals surface area (Å²) in [6.45, 7) is 2.32. The van der Waals surface area contributed by atoms with Crippen molar-refractivity contribution in [3.05, 3.63) is 7.43 Å². The SMILES string of the molecule is C.CC(=O)CC(O)(CC(C)=O)C(=O)O.[CH3-].[Zr]. The Morgan fingerprint density at radius 2 is 1.31 bits per heavy atom. The number of aliphatic hydroxyl groups is 1. The van der Waals surface area contributed by atoms with Crippen molar-refractivity contribution in [1.29, 1.82) is 0 Å². The van der Waals surface area contributed by atoms with Crippen LogP contribution < -0.4 is 0 Å². The van der Waals surface area contributed by atoms with Crippen LogP contribution in [0.1, 0.15) is 34.1 Å². The molecule has 0 radical (unpaired) electrons. The maximum Gasteiger partial charge on any atom is 0.336 e. The Kier molecular flexibility index (Phi) is 15.2. The number of carboxylic acids is 1. The predicted octanol–water partition coefficient (Wildman–Crippen LogP) is 0.844. The minimum Gasteiger partial charge on any atom is -0.479 e. The van der Waals surface area contributed by atoms with Crippen molar-refractivity contribution in [2.45, 2.75) is 39.7 Å². The minimum atomic E-state index is -2.24. The summed E-state index contributed by atoms with van der Waals surface area (Å²) in [6, 6.07) is 0. The molecule has 0 aromatic heterocycles. The van der Waals surface area contributed by atoms with Crippen LogP contribution in [0.25, 0.3) is 0 Å². The van der Waals surface area contributed by atoms with Crippen molar-refractivity contribution in [1.82, 2.24) is 0 Å². The Bertz CT molecular complexity index is 234. The van der Waals surface area contributed by atoms with Gasteiger partial charge in [-0.05, 0) is 13.8 Å². The summed E-state index contributed by atoms with van der Waals surface area (Å²) in [5, 5.41) is 18.0. The molecule has 0 aliphatic carbocycles. The zero-order valence-electron chi connectivity index (χ0n) is 9.03. The van der Waals surface area contributed by atoms with Gasteiger partial charge < -0.3 is 17.6 Å². The van der Waals surface area contributed by atoms with Crippen LogP contribution in [0, 0.1) is 7.43 Å². The zero-order valence-corrected chi connectivity index (χ0v) is 11.5. The van der Waals surface area contributed by atoms with Crippen molar-refractivity contribution in [2.24, 2.45) is 0 Å². The quantitative estimate of drug-likeness (QED) is 0.734. The van der Waals surface area contributed by atoms with Crippen LogP contribution in [0.2, 0.25) is 0 Å². The molecule has 0 aliphatic heterocycles. The molecule has 16 heavy (non-hydrogen) atoms. The third-order valence-electron chi connectivity index (χ3n) is 1.48. The molecule has 0 bridgehead atoms. The van der Waals surface area contributed by atoms with Gasteiger partial charge in [0, 0.05) is 39.0 Å². The first-order chi connectivity index (χ1) is 5.78. The Hall–Kier alpha value is -0.347. The van der Waals surface area contributed by atoms with Gasteiger partial charge in [0.05, 0.1) is 0 Å². The van der Waals surface area contributed by atoms with Crippen molar-refractivity contribution in [2.75, 3.05) is 0 Å². The summed E-state index contributed by atoms with van der Waals surface area (Å²) in [6.07, 6.45) is -1.08. The zero-order chi connectivity index (χ0) is 10.6. The van der Waals surface area contributed by atoms with Crippen molar-refractivity contribution in [3.8, 4) is 0 Å². The van der Waals surface area contributed by atoms with Crippen LogP contribution in [0.5, 0.6) is 0 Å². The molecule has 0 rings (SSSR count). The van der Waals surface area contributed by atoms with Crippen molar-refractivity contribution >= 4 is 17.5 Å². The average molecular weight is 310 g/mol. The number of carboxylic acid groups (broad SMARTS) is 1. The first-order valence-electron chi connectivity index (χ1n) is 3.72. The molecule has 94 valence electrons. The fourth-order valence-corrected chi connectivity index (χ4v) is 1.04. The van der Waals surface area contributed by atoms with Crippen LogP contribution in [0.15, 0.2) is 0 Å². The second kappa shape index (κ2) is 9.85. The van der Waals surface area contributed by atoms with Crippen LogP contribution in [-0.2, 0) is 40.6 Å². The van der Waals surface area contributed by atoms with Gasteiger partial charge in [0.25, 0.3) is 0 Å². The topological polar surface area (TPSA) is 91.7 Å². The van der Waals surface area contributed by atoms with Gasteiger partial charge >= 0.3 is 5.97 Å². The van der Waals surface area contributed by atoms with Gasteiger partial charge in [0.1, 0.15) is 11.6 Å². The smallest absolute Gasteiger partial charge is 0.336 e. The first kappa shape index (κ1) is 24.8. The number of hydrogen-bond donors (Lipinski definition) is 2. The Morgan fingerprint density at radius 3 is 1.44 bits per heavy atom. The average Bonchev–Trinajstić information content (AvgIpc) is 1.82. The van der Waals surface area contributed by atoms with Gasteiger partial charge in [-0.25, -0.2) is 4.79 Å². The molecule has 0 heterocycles. The molecule has 2 N–H and O–H groups in total. The van der Waals surface area contributed by atoms with Crippen molar-refractivity contribution in [3.63, 3.8) is 0 Å². The molecule has 0 spiro atoms. The Morgan fingerprint density at radius 1 is 1.06 bits per heavy atom. The monoisotopic (exact) mass is 309 g/mol. The summed E-state index contributed by atoms with van der Waals surface area (Å²) in [5.74, 6) is -2.48. The maximum atomic E-state index is 10.6. The summed E-state index contributed by atoms with van der Waals surface area (Å²) in [4.78, 5) is 31.8. The fraction of sp³-hybridized carbons (Fsp3) is 0.600. The van der Waals surface area contributed by atoms with E-state index in [1.54, 1.807) is 0 Å². The van der Waals surface area contributed by atoms with E-state index < -0.39 is 36.0 Å². The summed E-state index contributed by atoms with van der Waals surface area (Å²) < 4.78 is 0. The number of carbonyl (C=O) groups is 3. The van der Waals surface area contributed by atoms with E-state index in [1.807, 2.05) is 0 Å². The van der Waals surface area contributed by atoms with E-state index in [0.29, 0.717) is 0 Å². The molecule has 5 nitrogen and oxygen atoms in total. The van der Waals surface area contributed by atoms with E-state index in [-0.39, 0.29) is 41.1 Å². The van der Waals surface area contributed by atoms with Gasteiger partial charge in [-0.2, -0.15) is 0 Å². The molecule has 0 aliphatic rings. The van der Waals surface area contributed by atoms with E-state index in [0.717, 1.165) is 13.8 Å². The molecule has 0 atom stereocenters. The van der Waals surface area contributed by atoms with E-state index in [1.165, 1.54) is 0 Å². The first-order valence-corrected chi connectivity index (χ1v) is 3.72. The van der Waals surface area contributed by atoms with Crippen LogP contribution in [-0.4, -0.2) is 33.3 Å². The van der Waals surface area contributed by atoms with E-state index in [2.05, 4.69) is 0 Å². The number of hydrogen-bond acceptors (Lipinski definition) is 4. The number of rotatable bonds is 5. The van der Waals surface area contributed by atoms with Gasteiger partial charge in [0.15, 0.2) is 5.60 Å². The molecular formula is C10H19O5Zr-. The van der Waals surface area contributed by atoms with Gasteiger partial charge in [0.2, 0.25) is 0 Å². The largest absolute Gasteiger partial charge is 0.479 e. The van der Waals surface area contributed by atoms with Crippen molar-refractivity contribution < 1.29 is 50.8 Å². The van der Waals surface area contributed by atoms with E-state index >= 15 is 0 Å². The molecule has 0 saturated carbocycles. The summed E-state index contributed by atoms with van der Waals surface area (Å²) >= 11 is 0. The molecule has 0 aromatic rings. The molecule has 0 saturated heterocycles. The normalized spacial score (nSPS) is 8.94. The standard InChI is InChI=1S/C8H12O5.CH4.CH3.Zr/c1-5(9)3-8(13,7(11)12)4-6(2)10;;;/h13H,3-4H2,1-2H3,(H,11,12);1H4;1H3;/q;;-1;. The van der Waals surface area contributed by atoms with E-state index in [9.17, 15) is 19.5 Å². The fourth-order valence-electron chi connectivity index (χ4n) is 1.04. The second-order valence-electron chi connectivity index (χ2n) is 3.09. The maximum absolute atomic E-state index is 10.6. The molecular weight excluding hydrogens is 291 g/mol. The third-order valence-corrected chi connectivity index (χ3v) is 1.48. The molecule has 0 amide bonds. The Labute approximate surface area is 115 Å². The van der Waals surface area contributed by atoms with Gasteiger partial charge in [-0.3, -0.25) is 9.59 Å². The number of Topliss-reactive ketones (excluding diaryl/α,β-unsaturated/α-hetero) is 2. The van der Waals surface area contributed by atoms with Crippen LogP contribution in [0.4, 0.5) is 0 Å². The number of carbonyl (C=O) groups excluding carboxylic acids is 2. The predicted molar refractivity (Wildman–Crippen MR) is 56.3 cm³/mol. The number of ketones is 2. The van der Waals surface area contributed by atoms with Crippen LogP contribution in [0.3, 0.4) is 0 Å². The summed E-state index contributed by atoms with van der Waals surface area (Å²) in [7, 11) is 0. The molecule has 6 heteroatoms. The molecule has 0 aromatic carbocycles. The van der Waals surface area contributed by atoms with Gasteiger partial charge in [-0.1, -0.05) is 7.43 Å². The minimum absolute atomic E-state index is 0. The summed E-state index contributed by atoms with van der Waals surface area (Å²) in [5.41, 5.74) is -2.24. The van der Waals surface area contributed by atoms with E-state index in [4.69, 9.17) is 5.11 Å². The van der Waals surface area contributed by atoms with Gasteiger partial charge in [-0.15, -0.1) is 0 Å². The van der Waals surface area contributed by atoms with Crippen LogP contribution >= 0.6 is 0 Å². The molecule has 0 fully saturated rings. The Balaban J connectivity index is -0.000000240. The molecule has 0 unspecified atom stereocenters. The third kappa shape index (κ3) is 8.92. The number of aliphatic carboxylic acids is 1. The second-order valence-corrected chi connectivity index (χ2v) is 3.09.